The van der Waals surface area contributed by atoms with Crippen LogP contribution < -0.4 is 9.62 Å². The number of carbonyl (C=O) groups excluding carboxylic acids is 2. The van der Waals surface area contributed by atoms with Crippen LogP contribution in [0.25, 0.3) is 0 Å². The zero-order valence-corrected chi connectivity index (χ0v) is 24.9. The number of halogens is 3. The van der Waals surface area contributed by atoms with Crippen molar-refractivity contribution in [3.8, 4) is 0 Å². The van der Waals surface area contributed by atoms with Gasteiger partial charge in [0.25, 0.3) is 10.0 Å². The van der Waals surface area contributed by atoms with Gasteiger partial charge in [-0.05, 0) is 61.2 Å². The van der Waals surface area contributed by atoms with E-state index in [2.05, 4.69) is 5.32 Å². The summed E-state index contributed by atoms with van der Waals surface area (Å²) in [6.45, 7) is 1.11. The first kappa shape index (κ1) is 30.8. The maximum Gasteiger partial charge on any atom is 0.264 e. The lowest BCUT2D eigenvalue weighted by atomic mass is 10.1. The number of amides is 2. The van der Waals surface area contributed by atoms with Gasteiger partial charge in [0.05, 0.1) is 20.6 Å². The molecule has 218 valence electrons. The second-order valence-corrected chi connectivity index (χ2v) is 12.6. The zero-order valence-electron chi connectivity index (χ0n) is 22.6. The largest absolute Gasteiger partial charge is 0.352 e. The summed E-state index contributed by atoms with van der Waals surface area (Å²) >= 11 is 12.7. The molecule has 0 spiro atoms. The van der Waals surface area contributed by atoms with E-state index in [1.807, 2.05) is 0 Å². The van der Waals surface area contributed by atoms with Gasteiger partial charge in [0.2, 0.25) is 11.8 Å². The number of rotatable bonds is 11. The lowest BCUT2D eigenvalue weighted by Crippen LogP contribution is -2.53. The molecule has 3 aromatic carbocycles. The Balaban J connectivity index is 1.73. The number of hydrogen-bond donors (Lipinski definition) is 1. The van der Waals surface area contributed by atoms with Crippen molar-refractivity contribution in [2.45, 2.75) is 62.6 Å². The summed E-state index contributed by atoms with van der Waals surface area (Å²) in [5.41, 5.74) is 0.617. The zero-order chi connectivity index (χ0) is 29.6. The number of anilines is 1. The fourth-order valence-electron chi connectivity index (χ4n) is 4.99. The molecule has 0 bridgehead atoms. The third-order valence-corrected chi connectivity index (χ3v) is 9.75. The number of hydrogen-bond acceptors (Lipinski definition) is 4. The molecule has 7 nitrogen and oxygen atoms in total. The average molecular weight is 621 g/mol. The molecule has 1 aliphatic rings. The molecule has 1 aliphatic carbocycles. The van der Waals surface area contributed by atoms with Crippen LogP contribution in [0.4, 0.5) is 10.1 Å². The van der Waals surface area contributed by atoms with Crippen molar-refractivity contribution < 1.29 is 22.4 Å². The van der Waals surface area contributed by atoms with Gasteiger partial charge < -0.3 is 10.2 Å². The molecule has 0 aliphatic heterocycles. The third-order valence-electron chi connectivity index (χ3n) is 7.16. The van der Waals surface area contributed by atoms with Gasteiger partial charge in [-0.15, -0.1) is 0 Å². The Kier molecular flexibility index (Phi) is 10.3. The lowest BCUT2D eigenvalue weighted by Gasteiger charge is -2.34. The van der Waals surface area contributed by atoms with Gasteiger partial charge in [-0.2, -0.15) is 0 Å². The van der Waals surface area contributed by atoms with E-state index in [1.54, 1.807) is 31.2 Å². The Morgan fingerprint density at radius 2 is 1.63 bits per heavy atom. The summed E-state index contributed by atoms with van der Waals surface area (Å²) in [7, 11) is -4.28. The molecule has 0 aromatic heterocycles. The number of benzene rings is 3. The Hall–Kier alpha value is -3.14. The molecule has 1 fully saturated rings. The van der Waals surface area contributed by atoms with Crippen molar-refractivity contribution in [1.82, 2.24) is 10.2 Å². The summed E-state index contributed by atoms with van der Waals surface area (Å²) in [6.07, 6.45) is 4.06. The van der Waals surface area contributed by atoms with Crippen molar-refractivity contribution in [3.63, 3.8) is 0 Å². The van der Waals surface area contributed by atoms with Crippen LogP contribution in [0.5, 0.6) is 0 Å². The summed E-state index contributed by atoms with van der Waals surface area (Å²) in [4.78, 5) is 28.9. The Labute approximate surface area is 250 Å². The summed E-state index contributed by atoms with van der Waals surface area (Å²) < 4.78 is 42.3. The van der Waals surface area contributed by atoms with Crippen LogP contribution >= 0.6 is 23.2 Å². The molecule has 11 heteroatoms. The Morgan fingerprint density at radius 3 is 2.27 bits per heavy atom. The molecule has 41 heavy (non-hydrogen) atoms. The van der Waals surface area contributed by atoms with Crippen molar-refractivity contribution >= 4 is 50.7 Å². The Bertz CT molecular complexity index is 1470. The van der Waals surface area contributed by atoms with Gasteiger partial charge in [0.1, 0.15) is 18.4 Å². The van der Waals surface area contributed by atoms with Gasteiger partial charge in [0.15, 0.2) is 0 Å². The molecule has 1 atom stereocenters. The number of nitrogens with zero attached hydrogens (tertiary/aromatic N) is 2. The molecule has 0 saturated heterocycles. The van der Waals surface area contributed by atoms with E-state index >= 15 is 0 Å². The predicted molar refractivity (Wildman–Crippen MR) is 159 cm³/mol. The molecule has 1 saturated carbocycles. The van der Waals surface area contributed by atoms with Crippen LogP contribution in [-0.4, -0.2) is 43.8 Å². The minimum Gasteiger partial charge on any atom is -0.352 e. The van der Waals surface area contributed by atoms with Crippen LogP contribution in [0.2, 0.25) is 10.0 Å². The van der Waals surface area contributed by atoms with E-state index in [0.29, 0.717) is 5.56 Å². The highest BCUT2D eigenvalue weighted by molar-refractivity contribution is 7.92. The summed E-state index contributed by atoms with van der Waals surface area (Å²) in [6, 6.07) is 17.0. The molecule has 0 unspecified atom stereocenters. The molecule has 4 rings (SSSR count). The minimum absolute atomic E-state index is 0.0274. The van der Waals surface area contributed by atoms with Gasteiger partial charge >= 0.3 is 0 Å². The van der Waals surface area contributed by atoms with E-state index < -0.39 is 34.3 Å². The third kappa shape index (κ3) is 7.39. The van der Waals surface area contributed by atoms with E-state index in [0.717, 1.165) is 30.0 Å². The first-order chi connectivity index (χ1) is 19.6. The van der Waals surface area contributed by atoms with E-state index in [-0.39, 0.29) is 45.5 Å². The Morgan fingerprint density at radius 1 is 0.976 bits per heavy atom. The van der Waals surface area contributed by atoms with Crippen LogP contribution in [0.1, 0.15) is 44.6 Å². The maximum atomic E-state index is 14.1. The van der Waals surface area contributed by atoms with E-state index in [4.69, 9.17) is 23.2 Å². The van der Waals surface area contributed by atoms with Crippen LogP contribution in [0.3, 0.4) is 0 Å². The predicted octanol–water partition coefficient (Wildman–Crippen LogP) is 6.19. The smallest absolute Gasteiger partial charge is 0.264 e. The highest BCUT2D eigenvalue weighted by Gasteiger charge is 2.35. The number of sulfonamides is 1. The van der Waals surface area contributed by atoms with Crippen LogP contribution in [0, 0.1) is 5.82 Å². The minimum atomic E-state index is -4.28. The fraction of sp³-hybridized carbons (Fsp3) is 0.333. The van der Waals surface area contributed by atoms with Gasteiger partial charge in [-0.25, -0.2) is 12.8 Å². The van der Waals surface area contributed by atoms with E-state index in [9.17, 15) is 22.4 Å². The van der Waals surface area contributed by atoms with Crippen LogP contribution in [-0.2, 0) is 26.2 Å². The first-order valence-electron chi connectivity index (χ1n) is 13.5. The summed E-state index contributed by atoms with van der Waals surface area (Å²) in [5, 5.41) is 3.15. The van der Waals surface area contributed by atoms with Crippen molar-refractivity contribution in [3.05, 3.63) is 94.2 Å². The van der Waals surface area contributed by atoms with Crippen molar-refractivity contribution in [2.24, 2.45) is 0 Å². The van der Waals surface area contributed by atoms with Crippen molar-refractivity contribution in [2.75, 3.05) is 10.8 Å². The summed E-state index contributed by atoms with van der Waals surface area (Å²) in [5.74, 6) is -1.38. The standard InChI is InChI=1S/C30H32Cl2FN3O4S/c1-2-26(30(38)34-23-9-6-7-10-23)35(19-21-15-17-22(33)18-16-21)28(37)20-36(27-14-8-13-25(31)29(27)32)41(39,40)24-11-4-3-5-12-24/h3-5,8,11-18,23,26H,2,6-7,9-10,19-20H2,1H3,(H,34,38)/t26-/m0/s1. The van der Waals surface area contributed by atoms with Gasteiger partial charge in [0, 0.05) is 12.6 Å². The maximum absolute atomic E-state index is 14.1. The quantitative estimate of drug-likeness (QED) is 0.277. The fourth-order valence-corrected chi connectivity index (χ4v) is 6.89. The molecule has 1 N–H and O–H groups in total. The normalized spacial score (nSPS) is 14.4. The van der Waals surface area contributed by atoms with Crippen molar-refractivity contribution in [1.29, 1.82) is 0 Å². The molecule has 0 heterocycles. The highest BCUT2D eigenvalue weighted by atomic mass is 35.5. The highest BCUT2D eigenvalue weighted by Crippen LogP contribution is 2.35. The molecular formula is C30H32Cl2FN3O4S. The first-order valence-corrected chi connectivity index (χ1v) is 15.7. The molecular weight excluding hydrogens is 588 g/mol. The molecule has 3 aromatic rings. The SMILES string of the molecule is CC[C@@H](C(=O)NC1CCCC1)N(Cc1ccc(F)cc1)C(=O)CN(c1cccc(Cl)c1Cl)S(=O)(=O)c1ccccc1. The topological polar surface area (TPSA) is 86.8 Å². The molecule has 2 amide bonds. The van der Waals surface area contributed by atoms with Crippen LogP contribution in [0.15, 0.2) is 77.7 Å². The second kappa shape index (κ2) is 13.7. The van der Waals surface area contributed by atoms with Gasteiger partial charge in [-0.3, -0.25) is 13.9 Å². The van der Waals surface area contributed by atoms with Gasteiger partial charge in [-0.1, -0.05) is 79.4 Å². The average Bonchev–Trinajstić information content (AvgIpc) is 3.47. The number of nitrogens with one attached hydrogen (secondary N) is 1. The number of carbonyl (C=O) groups is 2. The monoisotopic (exact) mass is 619 g/mol. The second-order valence-electron chi connectivity index (χ2n) is 9.96. The molecule has 0 radical (unpaired) electrons. The lowest BCUT2D eigenvalue weighted by molar-refractivity contribution is -0.140. The van der Waals surface area contributed by atoms with E-state index in [1.165, 1.54) is 53.4 Å².